The van der Waals surface area contributed by atoms with Crippen LogP contribution in [-0.2, 0) is 0 Å². The van der Waals surface area contributed by atoms with E-state index in [0.717, 1.165) is 0 Å². The Morgan fingerprint density at radius 2 is 1.52 bits per heavy atom. The molecule has 0 heterocycles. The van der Waals surface area contributed by atoms with Crippen molar-refractivity contribution < 1.29 is 19.1 Å². The van der Waals surface area contributed by atoms with Crippen molar-refractivity contribution in [1.29, 1.82) is 0 Å². The number of carboxylic acid groups (broad SMARTS) is 1. The van der Waals surface area contributed by atoms with Gasteiger partial charge in [-0.3, -0.25) is 4.79 Å². The summed E-state index contributed by atoms with van der Waals surface area (Å²) in [5.74, 6) is -2.38. The van der Waals surface area contributed by atoms with Gasteiger partial charge in [0.15, 0.2) is 0 Å². The predicted molar refractivity (Wildman–Crippen MR) is 102 cm³/mol. The van der Waals surface area contributed by atoms with Crippen LogP contribution < -0.4 is 10.6 Å². The van der Waals surface area contributed by atoms with E-state index in [4.69, 9.17) is 11.6 Å². The number of para-hydroxylation sites is 1. The highest BCUT2D eigenvalue weighted by atomic mass is 35.5. The van der Waals surface area contributed by atoms with E-state index in [9.17, 15) is 19.1 Å². The van der Waals surface area contributed by atoms with E-state index in [1.807, 2.05) is 0 Å². The number of nitrogens with one attached hydrogen (secondary N) is 2. The van der Waals surface area contributed by atoms with Crippen LogP contribution in [0.3, 0.4) is 0 Å². The summed E-state index contributed by atoms with van der Waals surface area (Å²) >= 11 is 6.04. The Bertz CT molecular complexity index is 1020. The maximum Gasteiger partial charge on any atom is 0.337 e. The molecule has 0 bridgehead atoms. The number of benzene rings is 3. The average Bonchev–Trinajstić information content (AvgIpc) is 2.64. The Balaban J connectivity index is 1.94. The molecule has 0 radical (unpaired) electrons. The van der Waals surface area contributed by atoms with Gasteiger partial charge in [0.2, 0.25) is 0 Å². The lowest BCUT2D eigenvalue weighted by atomic mass is 10.1. The number of anilines is 3. The zero-order valence-electron chi connectivity index (χ0n) is 13.9. The molecule has 0 aliphatic carbocycles. The number of halogens is 2. The van der Waals surface area contributed by atoms with Crippen LogP contribution in [-0.4, -0.2) is 17.0 Å². The van der Waals surface area contributed by atoms with Crippen molar-refractivity contribution in [2.45, 2.75) is 0 Å². The van der Waals surface area contributed by atoms with Crippen LogP contribution in [0.2, 0.25) is 5.02 Å². The van der Waals surface area contributed by atoms with Gasteiger partial charge in [0.25, 0.3) is 5.91 Å². The Morgan fingerprint density at radius 1 is 0.852 bits per heavy atom. The largest absolute Gasteiger partial charge is 0.478 e. The molecule has 1 amide bonds. The molecule has 3 aromatic carbocycles. The van der Waals surface area contributed by atoms with Gasteiger partial charge in [0, 0.05) is 5.02 Å². The molecular formula is C20H14ClFN2O3. The van der Waals surface area contributed by atoms with E-state index in [1.165, 1.54) is 30.3 Å². The summed E-state index contributed by atoms with van der Waals surface area (Å²) in [7, 11) is 0. The molecule has 7 heteroatoms. The van der Waals surface area contributed by atoms with Gasteiger partial charge in [-0.25, -0.2) is 9.18 Å². The Kier molecular flexibility index (Phi) is 5.38. The second kappa shape index (κ2) is 7.88. The number of aromatic carboxylic acids is 1. The van der Waals surface area contributed by atoms with E-state index >= 15 is 0 Å². The van der Waals surface area contributed by atoms with E-state index in [2.05, 4.69) is 10.6 Å². The lowest BCUT2D eigenvalue weighted by Crippen LogP contribution is -2.15. The summed E-state index contributed by atoms with van der Waals surface area (Å²) < 4.78 is 13.8. The van der Waals surface area contributed by atoms with E-state index < -0.39 is 17.7 Å². The van der Waals surface area contributed by atoms with Gasteiger partial charge in [0.05, 0.1) is 28.2 Å². The van der Waals surface area contributed by atoms with Crippen molar-refractivity contribution in [3.8, 4) is 0 Å². The molecule has 3 aromatic rings. The molecule has 0 unspecified atom stereocenters. The average molecular weight is 385 g/mol. The van der Waals surface area contributed by atoms with Crippen LogP contribution in [0.1, 0.15) is 20.7 Å². The van der Waals surface area contributed by atoms with Crippen LogP contribution in [0.4, 0.5) is 21.5 Å². The lowest BCUT2D eigenvalue weighted by Gasteiger charge is -2.15. The Labute approximate surface area is 159 Å². The Hall–Kier alpha value is -3.38. The molecule has 0 spiro atoms. The van der Waals surface area contributed by atoms with Crippen LogP contribution in [0, 0.1) is 5.82 Å². The Morgan fingerprint density at radius 3 is 2.22 bits per heavy atom. The van der Waals surface area contributed by atoms with Crippen molar-refractivity contribution >= 4 is 40.5 Å². The third kappa shape index (κ3) is 4.24. The summed E-state index contributed by atoms with van der Waals surface area (Å²) in [4.78, 5) is 23.8. The maximum absolute atomic E-state index is 13.8. The van der Waals surface area contributed by atoms with Crippen molar-refractivity contribution in [1.82, 2.24) is 0 Å². The van der Waals surface area contributed by atoms with Crippen molar-refractivity contribution in [2.75, 3.05) is 10.6 Å². The van der Waals surface area contributed by atoms with Gasteiger partial charge in [-0.15, -0.1) is 0 Å². The molecule has 27 heavy (non-hydrogen) atoms. The van der Waals surface area contributed by atoms with Crippen molar-refractivity contribution in [2.24, 2.45) is 0 Å². The number of carboxylic acids is 1. The highest BCUT2D eigenvalue weighted by molar-refractivity contribution is 6.31. The van der Waals surface area contributed by atoms with Crippen molar-refractivity contribution in [3.05, 3.63) is 88.7 Å². The highest BCUT2D eigenvalue weighted by Gasteiger charge is 2.15. The fraction of sp³-hybridized carbons (Fsp3) is 0. The maximum atomic E-state index is 13.8. The van der Waals surface area contributed by atoms with Crippen LogP contribution in [0.25, 0.3) is 0 Å². The first kappa shape index (κ1) is 18.4. The van der Waals surface area contributed by atoms with Crippen LogP contribution >= 0.6 is 11.6 Å². The zero-order valence-corrected chi connectivity index (χ0v) is 14.6. The third-order valence-electron chi connectivity index (χ3n) is 3.78. The van der Waals surface area contributed by atoms with Crippen LogP contribution in [0.15, 0.2) is 66.7 Å². The molecule has 0 aliphatic rings. The molecule has 0 aromatic heterocycles. The highest BCUT2D eigenvalue weighted by Crippen LogP contribution is 2.30. The summed E-state index contributed by atoms with van der Waals surface area (Å²) in [5, 5.41) is 15.3. The first-order chi connectivity index (χ1) is 13.0. The molecule has 5 nitrogen and oxygen atoms in total. The zero-order chi connectivity index (χ0) is 19.4. The SMILES string of the molecule is O=C(Nc1ccc(Cl)cc1Nc1ccccc1C(=O)O)c1ccccc1F. The summed E-state index contributed by atoms with van der Waals surface area (Å²) in [5.41, 5.74) is 0.982. The molecule has 3 rings (SSSR count). The summed E-state index contributed by atoms with van der Waals surface area (Å²) in [6.45, 7) is 0. The molecule has 0 aliphatic heterocycles. The third-order valence-corrected chi connectivity index (χ3v) is 4.01. The van der Waals surface area contributed by atoms with Gasteiger partial charge in [-0.05, 0) is 42.5 Å². The number of hydrogen-bond donors (Lipinski definition) is 3. The molecule has 3 N–H and O–H groups in total. The molecule has 0 fully saturated rings. The quantitative estimate of drug-likeness (QED) is 0.566. The molecule has 0 saturated heterocycles. The standard InChI is InChI=1S/C20H14ClFN2O3/c21-12-9-10-17(24-19(25)13-5-1-3-7-15(13)22)18(11-12)23-16-8-4-2-6-14(16)20(26)27/h1-11,23H,(H,24,25)(H,26,27). The van der Waals surface area contributed by atoms with Gasteiger partial charge >= 0.3 is 5.97 Å². The van der Waals surface area contributed by atoms with Gasteiger partial charge < -0.3 is 15.7 Å². The molecule has 0 atom stereocenters. The number of amides is 1. The normalized spacial score (nSPS) is 10.3. The van der Waals surface area contributed by atoms with E-state index in [1.54, 1.807) is 36.4 Å². The minimum Gasteiger partial charge on any atom is -0.478 e. The van der Waals surface area contributed by atoms with Gasteiger partial charge in [0.1, 0.15) is 5.82 Å². The minimum atomic E-state index is -1.10. The molecule has 0 saturated carbocycles. The number of carbonyl (C=O) groups is 2. The number of rotatable bonds is 5. The summed E-state index contributed by atoms with van der Waals surface area (Å²) in [6.07, 6.45) is 0. The smallest absolute Gasteiger partial charge is 0.337 e. The minimum absolute atomic E-state index is 0.0591. The van der Waals surface area contributed by atoms with E-state index in [-0.39, 0.29) is 11.1 Å². The van der Waals surface area contributed by atoms with Gasteiger partial charge in [-0.2, -0.15) is 0 Å². The molecular weight excluding hydrogens is 371 g/mol. The van der Waals surface area contributed by atoms with Gasteiger partial charge in [-0.1, -0.05) is 35.9 Å². The fourth-order valence-corrected chi connectivity index (χ4v) is 2.66. The first-order valence-electron chi connectivity index (χ1n) is 7.90. The summed E-state index contributed by atoms with van der Waals surface area (Å²) in [6, 6.07) is 16.6. The lowest BCUT2D eigenvalue weighted by molar-refractivity contribution is 0.0697. The monoisotopic (exact) mass is 384 g/mol. The number of hydrogen-bond acceptors (Lipinski definition) is 3. The number of carbonyl (C=O) groups excluding carboxylic acids is 1. The predicted octanol–water partition coefficient (Wildman–Crippen LogP) is 5.17. The van der Waals surface area contributed by atoms with Crippen LogP contribution in [0.5, 0.6) is 0 Å². The fourth-order valence-electron chi connectivity index (χ4n) is 2.49. The van der Waals surface area contributed by atoms with E-state index in [0.29, 0.717) is 22.1 Å². The second-order valence-corrected chi connectivity index (χ2v) is 6.04. The van der Waals surface area contributed by atoms with Crippen molar-refractivity contribution in [3.63, 3.8) is 0 Å². The topological polar surface area (TPSA) is 78.4 Å². The first-order valence-corrected chi connectivity index (χ1v) is 8.28. The molecule has 136 valence electrons. The second-order valence-electron chi connectivity index (χ2n) is 5.60.